The number of nitrogens with one attached hydrogen (secondary N) is 1. The maximum Gasteiger partial charge on any atom is 0.0699 e. The number of hydrogen-bond donors (Lipinski definition) is 1. The van der Waals surface area contributed by atoms with Gasteiger partial charge in [-0.25, -0.2) is 0 Å². The third-order valence-electron chi connectivity index (χ3n) is 4.01. The minimum Gasteiger partial charge on any atom is -0.315 e. The van der Waals surface area contributed by atoms with E-state index in [-0.39, 0.29) is 0 Å². The molecular weight excluding hydrogens is 264 g/mol. The first-order chi connectivity index (χ1) is 9.86. The van der Waals surface area contributed by atoms with Crippen LogP contribution in [-0.2, 0) is 0 Å². The second kappa shape index (κ2) is 6.53. The minimum atomic E-state index is 0.413. The Kier molecular flexibility index (Phi) is 4.51. The summed E-state index contributed by atoms with van der Waals surface area (Å²) in [6.07, 6.45) is 1.23. The second-order valence-electron chi connectivity index (χ2n) is 5.42. The van der Waals surface area contributed by atoms with Crippen LogP contribution in [0.15, 0.2) is 41.8 Å². The van der Waals surface area contributed by atoms with Crippen LogP contribution in [0.3, 0.4) is 0 Å². The van der Waals surface area contributed by atoms with E-state index in [2.05, 4.69) is 58.9 Å². The normalized spacial score (nSPS) is 18.6. The third-order valence-corrected chi connectivity index (χ3v) is 5.08. The van der Waals surface area contributed by atoms with Crippen LogP contribution in [0.1, 0.15) is 28.5 Å². The van der Waals surface area contributed by atoms with Crippen LogP contribution in [0, 0.1) is 6.92 Å². The third kappa shape index (κ3) is 2.95. The maximum atomic E-state index is 3.51. The fourth-order valence-corrected chi connectivity index (χ4v) is 4.04. The molecule has 2 aromatic rings. The highest BCUT2D eigenvalue weighted by Gasteiger charge is 2.25. The summed E-state index contributed by atoms with van der Waals surface area (Å²) < 4.78 is 0. The average molecular weight is 286 g/mol. The lowest BCUT2D eigenvalue weighted by atomic mass is 10.0. The van der Waals surface area contributed by atoms with E-state index in [0.717, 1.165) is 19.6 Å². The number of aryl methyl sites for hydroxylation is 1. The van der Waals surface area contributed by atoms with Crippen LogP contribution in [0.2, 0.25) is 0 Å². The molecule has 0 radical (unpaired) electrons. The van der Waals surface area contributed by atoms with Crippen LogP contribution in [0.25, 0.3) is 0 Å². The Labute approximate surface area is 125 Å². The molecule has 1 N–H and O–H groups in total. The highest BCUT2D eigenvalue weighted by molar-refractivity contribution is 7.10. The Morgan fingerprint density at radius 3 is 2.70 bits per heavy atom. The van der Waals surface area contributed by atoms with Crippen LogP contribution < -0.4 is 5.32 Å². The van der Waals surface area contributed by atoms with Crippen molar-refractivity contribution in [2.75, 3.05) is 26.2 Å². The molecule has 1 aliphatic rings. The summed E-state index contributed by atoms with van der Waals surface area (Å²) in [6, 6.07) is 13.6. The zero-order chi connectivity index (χ0) is 13.8. The van der Waals surface area contributed by atoms with Crippen LogP contribution in [0.4, 0.5) is 0 Å². The first-order valence-corrected chi connectivity index (χ1v) is 8.28. The maximum absolute atomic E-state index is 3.51. The Balaban J connectivity index is 1.97. The number of benzene rings is 1. The van der Waals surface area contributed by atoms with Gasteiger partial charge in [-0.3, -0.25) is 4.90 Å². The Morgan fingerprint density at radius 2 is 1.95 bits per heavy atom. The first-order valence-electron chi connectivity index (χ1n) is 7.40. The second-order valence-corrected chi connectivity index (χ2v) is 6.37. The molecule has 1 atom stereocenters. The molecule has 1 unspecified atom stereocenters. The van der Waals surface area contributed by atoms with Crippen molar-refractivity contribution in [3.05, 3.63) is 57.8 Å². The largest absolute Gasteiger partial charge is 0.315 e. The molecule has 3 rings (SSSR count). The molecule has 1 aliphatic heterocycles. The van der Waals surface area contributed by atoms with Gasteiger partial charge >= 0.3 is 0 Å². The molecule has 3 heteroatoms. The van der Waals surface area contributed by atoms with Gasteiger partial charge in [0, 0.05) is 24.5 Å². The van der Waals surface area contributed by atoms with E-state index in [9.17, 15) is 0 Å². The van der Waals surface area contributed by atoms with Crippen molar-refractivity contribution in [1.82, 2.24) is 10.2 Å². The molecule has 0 amide bonds. The minimum absolute atomic E-state index is 0.413. The summed E-state index contributed by atoms with van der Waals surface area (Å²) >= 11 is 1.89. The molecule has 0 bridgehead atoms. The smallest absolute Gasteiger partial charge is 0.0699 e. The summed E-state index contributed by atoms with van der Waals surface area (Å²) in [4.78, 5) is 4.13. The van der Waals surface area contributed by atoms with E-state index in [4.69, 9.17) is 0 Å². The van der Waals surface area contributed by atoms with Crippen molar-refractivity contribution in [3.63, 3.8) is 0 Å². The van der Waals surface area contributed by atoms with Crippen molar-refractivity contribution < 1.29 is 0 Å². The molecule has 0 spiro atoms. The van der Waals surface area contributed by atoms with Gasteiger partial charge in [0.15, 0.2) is 0 Å². The van der Waals surface area contributed by atoms with Crippen molar-refractivity contribution in [2.24, 2.45) is 0 Å². The zero-order valence-corrected chi connectivity index (χ0v) is 12.8. The van der Waals surface area contributed by atoms with Gasteiger partial charge in [-0.15, -0.1) is 11.3 Å². The molecule has 2 heterocycles. The molecule has 20 heavy (non-hydrogen) atoms. The van der Waals surface area contributed by atoms with E-state index in [1.807, 2.05) is 11.3 Å². The lowest BCUT2D eigenvalue weighted by molar-refractivity contribution is 0.243. The van der Waals surface area contributed by atoms with Gasteiger partial charge in [0.25, 0.3) is 0 Å². The lowest BCUT2D eigenvalue weighted by Gasteiger charge is -2.30. The van der Waals surface area contributed by atoms with E-state index < -0.39 is 0 Å². The van der Waals surface area contributed by atoms with Gasteiger partial charge in [-0.05, 0) is 42.5 Å². The molecule has 1 aromatic carbocycles. The predicted octanol–water partition coefficient (Wildman–Crippen LogP) is 3.44. The monoisotopic (exact) mass is 286 g/mol. The fourth-order valence-electron chi connectivity index (χ4n) is 2.95. The topological polar surface area (TPSA) is 15.3 Å². The number of hydrogen-bond acceptors (Lipinski definition) is 3. The summed E-state index contributed by atoms with van der Waals surface area (Å²) in [7, 11) is 0. The Morgan fingerprint density at radius 1 is 1.10 bits per heavy atom. The summed E-state index contributed by atoms with van der Waals surface area (Å²) in [6.45, 7) is 6.76. The molecule has 1 saturated heterocycles. The first kappa shape index (κ1) is 13.8. The zero-order valence-electron chi connectivity index (χ0n) is 12.0. The Hall–Kier alpha value is -1.16. The highest BCUT2D eigenvalue weighted by atomic mass is 32.1. The van der Waals surface area contributed by atoms with Gasteiger partial charge in [-0.1, -0.05) is 30.3 Å². The summed E-state index contributed by atoms with van der Waals surface area (Å²) in [5.41, 5.74) is 2.83. The quantitative estimate of drug-likeness (QED) is 0.930. The van der Waals surface area contributed by atoms with Crippen LogP contribution in [-0.4, -0.2) is 31.1 Å². The van der Waals surface area contributed by atoms with Crippen LogP contribution >= 0.6 is 11.3 Å². The Bertz CT molecular complexity index is 527. The fraction of sp³-hybridized carbons (Fsp3) is 0.412. The van der Waals surface area contributed by atoms with Crippen molar-refractivity contribution >= 4 is 11.3 Å². The predicted molar refractivity (Wildman–Crippen MR) is 86.4 cm³/mol. The lowest BCUT2D eigenvalue weighted by Crippen LogP contribution is -2.32. The van der Waals surface area contributed by atoms with Crippen LogP contribution in [0.5, 0.6) is 0 Å². The number of nitrogens with zero attached hydrogens (tertiary/aromatic N) is 1. The highest BCUT2D eigenvalue weighted by Crippen LogP contribution is 2.34. The van der Waals surface area contributed by atoms with Gasteiger partial charge in [-0.2, -0.15) is 0 Å². The standard InChI is InChI=1S/C17H22N2S/c1-14-8-13-20-17(14)16(15-6-3-2-4-7-15)19-11-5-9-18-10-12-19/h2-4,6-8,13,16,18H,5,9-12H2,1H3. The summed E-state index contributed by atoms with van der Waals surface area (Å²) in [5, 5.41) is 5.72. The molecule has 0 saturated carbocycles. The van der Waals surface area contributed by atoms with Crippen molar-refractivity contribution in [1.29, 1.82) is 0 Å². The van der Waals surface area contributed by atoms with E-state index in [0.29, 0.717) is 6.04 Å². The van der Waals surface area contributed by atoms with Gasteiger partial charge in [0.05, 0.1) is 6.04 Å². The SMILES string of the molecule is Cc1ccsc1C(c1ccccc1)N1CCCNCC1. The molecule has 1 aromatic heterocycles. The van der Waals surface area contributed by atoms with Gasteiger partial charge in [0.2, 0.25) is 0 Å². The van der Waals surface area contributed by atoms with E-state index in [1.54, 1.807) is 0 Å². The number of rotatable bonds is 3. The molecular formula is C17H22N2S. The van der Waals surface area contributed by atoms with Crippen molar-refractivity contribution in [3.8, 4) is 0 Å². The van der Waals surface area contributed by atoms with Gasteiger partial charge < -0.3 is 5.32 Å². The molecule has 106 valence electrons. The molecule has 2 nitrogen and oxygen atoms in total. The van der Waals surface area contributed by atoms with E-state index >= 15 is 0 Å². The average Bonchev–Trinajstić information content (AvgIpc) is 2.75. The van der Waals surface area contributed by atoms with Gasteiger partial charge in [0.1, 0.15) is 0 Å². The molecule has 1 fully saturated rings. The molecule has 0 aliphatic carbocycles. The van der Waals surface area contributed by atoms with E-state index in [1.165, 1.54) is 29.0 Å². The summed E-state index contributed by atoms with van der Waals surface area (Å²) in [5.74, 6) is 0. The van der Waals surface area contributed by atoms with Crippen molar-refractivity contribution in [2.45, 2.75) is 19.4 Å². The number of thiophene rings is 1.